The molecule has 0 atom stereocenters. The number of hydrogen-bond donors (Lipinski definition) is 0. The van der Waals surface area contributed by atoms with Gasteiger partial charge in [-0.1, -0.05) is 36.4 Å². The third-order valence-corrected chi connectivity index (χ3v) is 3.89. The van der Waals surface area contributed by atoms with Gasteiger partial charge in [-0.3, -0.25) is 0 Å². The minimum atomic E-state index is -4.15. The Kier molecular flexibility index (Phi) is 4.94. The molecule has 0 N–H and O–H groups in total. The van der Waals surface area contributed by atoms with Crippen LogP contribution in [0.2, 0.25) is 0 Å². The van der Waals surface area contributed by atoms with Crippen molar-refractivity contribution in [3.05, 3.63) is 70.1 Å². The van der Waals surface area contributed by atoms with Crippen molar-refractivity contribution in [1.82, 2.24) is 0 Å². The van der Waals surface area contributed by atoms with Gasteiger partial charge in [0.15, 0.2) is 0 Å². The molecule has 0 radical (unpaired) electrons. The fraction of sp³-hybridized carbons (Fsp3) is 0.143. The molecular weight excluding hydrogens is 305 g/mol. The van der Waals surface area contributed by atoms with Crippen molar-refractivity contribution in [3.8, 4) is 11.5 Å². The fourth-order valence-corrected chi connectivity index (χ4v) is 2.79. The summed E-state index contributed by atoms with van der Waals surface area (Å²) in [4.78, 5) is 2.42. The van der Waals surface area contributed by atoms with Gasteiger partial charge in [0.05, 0.1) is 0 Å². The van der Waals surface area contributed by atoms with Gasteiger partial charge in [0.25, 0.3) is 0 Å². The van der Waals surface area contributed by atoms with Gasteiger partial charge in [0, 0.05) is 4.91 Å². The van der Waals surface area contributed by atoms with E-state index in [1.165, 1.54) is 0 Å². The van der Waals surface area contributed by atoms with Crippen LogP contribution in [0, 0.1) is 13.8 Å². The predicted octanol–water partition coefficient (Wildman–Crippen LogP) is 5.11. The maximum absolute atomic E-state index is 12.7. The highest BCUT2D eigenvalue weighted by molar-refractivity contribution is 7.49. The lowest BCUT2D eigenvalue weighted by Gasteiger charge is -2.18. The molecule has 0 bridgehead atoms. The minimum absolute atomic E-state index is 0.313. The Morgan fingerprint density at radius 1 is 0.955 bits per heavy atom. The van der Waals surface area contributed by atoms with E-state index in [-0.39, 0.29) is 0 Å². The quantitative estimate of drug-likeness (QED) is 0.243. The van der Waals surface area contributed by atoms with Crippen molar-refractivity contribution < 1.29 is 18.2 Å². The summed E-state index contributed by atoms with van der Waals surface area (Å²) < 4.78 is 28.0. The van der Waals surface area contributed by atoms with Gasteiger partial charge in [0.2, 0.25) is 0 Å². The summed E-state index contributed by atoms with van der Waals surface area (Å²) in [7, 11) is -4.15. The molecule has 114 valence electrons. The van der Waals surface area contributed by atoms with Gasteiger partial charge in [-0.2, -0.15) is 4.57 Å². The van der Waals surface area contributed by atoms with Crippen LogP contribution in [0.25, 0.3) is 10.4 Å². The zero-order valence-electron chi connectivity index (χ0n) is 12.0. The smallest absolute Gasteiger partial charge is 0.385 e. The van der Waals surface area contributed by atoms with E-state index in [0.717, 1.165) is 11.1 Å². The number of phosphoric acid groups is 1. The van der Waals surface area contributed by atoms with E-state index in [2.05, 4.69) is 14.8 Å². The van der Waals surface area contributed by atoms with Crippen molar-refractivity contribution in [3.63, 3.8) is 0 Å². The van der Waals surface area contributed by atoms with Crippen LogP contribution in [0.15, 0.2) is 53.8 Å². The average Bonchev–Trinajstić information content (AvgIpc) is 2.50. The Morgan fingerprint density at radius 2 is 1.41 bits per heavy atom. The number of phosphoric ester groups is 1. The average molecular weight is 319 g/mol. The molecule has 7 nitrogen and oxygen atoms in total. The van der Waals surface area contributed by atoms with Gasteiger partial charge in [-0.25, -0.2) is 0 Å². The van der Waals surface area contributed by atoms with E-state index in [1.807, 2.05) is 12.1 Å². The number of azide groups is 1. The van der Waals surface area contributed by atoms with Crippen molar-refractivity contribution >= 4 is 7.82 Å². The molecule has 0 unspecified atom stereocenters. The molecule has 22 heavy (non-hydrogen) atoms. The second-order valence-electron chi connectivity index (χ2n) is 4.41. The van der Waals surface area contributed by atoms with Crippen LogP contribution in [-0.4, -0.2) is 0 Å². The second-order valence-corrected chi connectivity index (χ2v) is 5.84. The SMILES string of the molecule is Cc1ccccc1OP(=O)(ON=[N+]=[N-])Oc1ccccc1C. The lowest BCUT2D eigenvalue weighted by atomic mass is 10.2. The third-order valence-electron chi connectivity index (χ3n) is 2.78. The normalized spacial score (nSPS) is 10.5. The Labute approximate surface area is 127 Å². The Bertz CT molecular complexity index is 708. The molecule has 2 aromatic rings. The first kappa shape index (κ1) is 15.8. The zero-order valence-corrected chi connectivity index (χ0v) is 12.9. The van der Waals surface area contributed by atoms with Crippen LogP contribution in [0.3, 0.4) is 0 Å². The van der Waals surface area contributed by atoms with Crippen LogP contribution in [-0.2, 0) is 9.19 Å². The number of nitrogens with zero attached hydrogens (tertiary/aromatic N) is 3. The first-order valence-electron chi connectivity index (χ1n) is 6.38. The molecule has 0 aliphatic heterocycles. The van der Waals surface area contributed by atoms with Gasteiger partial charge in [0.1, 0.15) is 16.8 Å². The summed E-state index contributed by atoms with van der Waals surface area (Å²) in [6.45, 7) is 3.56. The highest BCUT2D eigenvalue weighted by Gasteiger charge is 2.33. The number of benzene rings is 2. The van der Waals surface area contributed by atoms with E-state index in [0.29, 0.717) is 11.5 Å². The van der Waals surface area contributed by atoms with Crippen molar-refractivity contribution in [1.29, 1.82) is 0 Å². The van der Waals surface area contributed by atoms with Gasteiger partial charge in [-0.05, 0) is 42.6 Å². The lowest BCUT2D eigenvalue weighted by Crippen LogP contribution is -2.03. The van der Waals surface area contributed by atoms with E-state index >= 15 is 0 Å². The van der Waals surface area contributed by atoms with Gasteiger partial charge >= 0.3 is 7.82 Å². The zero-order chi connectivity index (χ0) is 16.0. The molecule has 2 aromatic carbocycles. The summed E-state index contributed by atoms with van der Waals surface area (Å²) in [5.41, 5.74) is 9.85. The molecule has 2 rings (SSSR count). The highest BCUT2D eigenvalue weighted by Crippen LogP contribution is 2.51. The fourth-order valence-electron chi connectivity index (χ4n) is 1.67. The Balaban J connectivity index is 2.32. The minimum Gasteiger partial charge on any atom is -0.385 e. The van der Waals surface area contributed by atoms with Crippen molar-refractivity contribution in [2.75, 3.05) is 0 Å². The van der Waals surface area contributed by atoms with Crippen molar-refractivity contribution in [2.45, 2.75) is 13.8 Å². The molecule has 0 spiro atoms. The summed E-state index contributed by atoms with van der Waals surface area (Å²) in [5, 5.41) is 2.86. The number of para-hydroxylation sites is 2. The first-order valence-corrected chi connectivity index (χ1v) is 7.84. The molecule has 0 aromatic heterocycles. The monoisotopic (exact) mass is 319 g/mol. The summed E-state index contributed by atoms with van der Waals surface area (Å²) in [6.07, 6.45) is 0. The topological polar surface area (TPSA) is 93.5 Å². The lowest BCUT2D eigenvalue weighted by molar-refractivity contribution is 0.213. The standard InChI is InChI=1S/C14H14N3O4P/c1-11-7-3-5-9-13(11)19-22(18,21-17-16-15)20-14-10-6-4-8-12(14)2/h3-10H,1-2H3. The van der Waals surface area contributed by atoms with Gasteiger partial charge < -0.3 is 13.7 Å². The third kappa shape index (κ3) is 3.95. The first-order chi connectivity index (χ1) is 10.5. The molecule has 0 saturated heterocycles. The number of aryl methyl sites for hydroxylation is 2. The molecule has 0 aliphatic rings. The molecule has 0 saturated carbocycles. The summed E-state index contributed by atoms with van der Waals surface area (Å²) in [6, 6.07) is 13.8. The van der Waals surface area contributed by atoms with Crippen LogP contribution in [0.5, 0.6) is 11.5 Å². The maximum atomic E-state index is 12.7. The Hall–Kier alpha value is -2.62. The van der Waals surface area contributed by atoms with E-state index in [1.54, 1.807) is 50.2 Å². The second kappa shape index (κ2) is 6.89. The summed E-state index contributed by atoms with van der Waals surface area (Å²) in [5.74, 6) is 0.625. The largest absolute Gasteiger partial charge is 0.653 e. The summed E-state index contributed by atoms with van der Waals surface area (Å²) >= 11 is 0. The van der Waals surface area contributed by atoms with Gasteiger partial charge in [-0.15, -0.1) is 0 Å². The van der Waals surface area contributed by atoms with Crippen LogP contribution in [0.1, 0.15) is 11.1 Å². The predicted molar refractivity (Wildman–Crippen MR) is 81.5 cm³/mol. The molecule has 0 amide bonds. The molecule has 0 aliphatic carbocycles. The van der Waals surface area contributed by atoms with Crippen LogP contribution >= 0.6 is 7.82 Å². The molecular formula is C14H14N3O4P. The molecule has 0 heterocycles. The molecule has 0 fully saturated rings. The van der Waals surface area contributed by atoms with Crippen molar-refractivity contribution in [2.24, 2.45) is 5.28 Å². The Morgan fingerprint density at radius 3 is 1.82 bits per heavy atom. The number of rotatable bonds is 6. The van der Waals surface area contributed by atoms with Crippen LogP contribution in [0.4, 0.5) is 0 Å². The van der Waals surface area contributed by atoms with Crippen LogP contribution < -0.4 is 9.05 Å². The van der Waals surface area contributed by atoms with E-state index in [9.17, 15) is 4.57 Å². The van der Waals surface area contributed by atoms with E-state index < -0.39 is 7.82 Å². The molecule has 8 heteroatoms. The maximum Gasteiger partial charge on any atom is 0.653 e. The van der Waals surface area contributed by atoms with E-state index in [4.69, 9.17) is 14.6 Å². The number of hydrogen-bond acceptors (Lipinski definition) is 5. The highest BCUT2D eigenvalue weighted by atomic mass is 31.2.